The number of carboxylic acid groups (broad SMARTS) is 1. The molecule has 0 fully saturated rings. The number of halogens is 3. The van der Waals surface area contributed by atoms with Gasteiger partial charge >= 0.3 is 18.1 Å². The van der Waals surface area contributed by atoms with Gasteiger partial charge in [-0.2, -0.15) is 13.2 Å². The molecule has 16 heavy (non-hydrogen) atoms. The van der Waals surface area contributed by atoms with Gasteiger partial charge in [-0.15, -0.1) is 0 Å². The van der Waals surface area contributed by atoms with Crippen LogP contribution in [-0.2, 0) is 14.3 Å². The van der Waals surface area contributed by atoms with Gasteiger partial charge in [-0.05, 0) is 6.92 Å². The van der Waals surface area contributed by atoms with Crippen LogP contribution < -0.4 is 5.32 Å². The fourth-order valence-electron chi connectivity index (χ4n) is 1.13. The summed E-state index contributed by atoms with van der Waals surface area (Å²) in [5.41, 5.74) is -1.59. The van der Waals surface area contributed by atoms with E-state index in [4.69, 9.17) is 5.11 Å². The number of rotatable bonds is 5. The van der Waals surface area contributed by atoms with Crippen LogP contribution in [0.1, 0.15) is 13.3 Å². The number of amides is 1. The molecule has 94 valence electrons. The van der Waals surface area contributed by atoms with Crippen molar-refractivity contribution in [1.29, 1.82) is 0 Å². The minimum absolute atomic E-state index is 0.332. The van der Waals surface area contributed by atoms with Crippen molar-refractivity contribution in [3.8, 4) is 0 Å². The second kappa shape index (κ2) is 5.15. The lowest BCUT2D eigenvalue weighted by atomic mass is 9.99. The third kappa shape index (κ3) is 4.96. The van der Waals surface area contributed by atoms with Gasteiger partial charge in [0.15, 0.2) is 0 Å². The van der Waals surface area contributed by atoms with E-state index in [-0.39, 0.29) is 6.61 Å². The molecule has 0 aliphatic heterocycles. The average Bonchev–Trinajstić information content (AvgIpc) is 1.99. The van der Waals surface area contributed by atoms with Crippen molar-refractivity contribution >= 4 is 11.9 Å². The van der Waals surface area contributed by atoms with E-state index in [1.807, 2.05) is 0 Å². The second-order valence-corrected chi connectivity index (χ2v) is 3.52. The molecule has 5 nitrogen and oxygen atoms in total. The topological polar surface area (TPSA) is 75.6 Å². The predicted octanol–water partition coefficient (Wildman–Crippen LogP) is 0.545. The molecule has 0 aromatic heterocycles. The maximum absolute atomic E-state index is 12.0. The van der Waals surface area contributed by atoms with E-state index in [2.05, 4.69) is 4.74 Å². The van der Waals surface area contributed by atoms with E-state index >= 15 is 0 Å². The van der Waals surface area contributed by atoms with Gasteiger partial charge in [-0.25, -0.2) is 0 Å². The number of methoxy groups -OCH3 is 1. The lowest BCUT2D eigenvalue weighted by Crippen LogP contribution is -2.54. The normalized spacial score (nSPS) is 15.3. The monoisotopic (exact) mass is 243 g/mol. The number of carboxylic acids is 1. The number of carbonyl (C=O) groups is 2. The van der Waals surface area contributed by atoms with Gasteiger partial charge in [0.2, 0.25) is 0 Å². The Hall–Kier alpha value is -1.31. The lowest BCUT2D eigenvalue weighted by molar-refractivity contribution is -0.176. The molecule has 0 aromatic rings. The number of hydrogen-bond acceptors (Lipinski definition) is 3. The van der Waals surface area contributed by atoms with E-state index in [1.54, 1.807) is 5.32 Å². The number of carbonyl (C=O) groups excluding carboxylic acids is 1. The standard InChI is InChI=1S/C8H12F3NO4/c1-7(4-16-2,3-5(13)14)12-6(15)8(9,10)11/h3-4H2,1-2H3,(H,12,15)(H,13,14). The van der Waals surface area contributed by atoms with E-state index in [9.17, 15) is 22.8 Å². The first kappa shape index (κ1) is 14.7. The van der Waals surface area contributed by atoms with Crippen LogP contribution >= 0.6 is 0 Å². The quantitative estimate of drug-likeness (QED) is 0.739. The third-order valence-electron chi connectivity index (χ3n) is 1.68. The molecule has 0 aromatic carbocycles. The largest absolute Gasteiger partial charge is 0.481 e. The maximum atomic E-state index is 12.0. The van der Waals surface area contributed by atoms with Gasteiger partial charge in [0, 0.05) is 7.11 Å². The van der Waals surface area contributed by atoms with Crippen molar-refractivity contribution in [2.24, 2.45) is 0 Å². The summed E-state index contributed by atoms with van der Waals surface area (Å²) in [6.07, 6.45) is -5.71. The van der Waals surface area contributed by atoms with Crippen molar-refractivity contribution in [3.05, 3.63) is 0 Å². The fourth-order valence-corrected chi connectivity index (χ4v) is 1.13. The van der Waals surface area contributed by atoms with Crippen LogP contribution in [0.2, 0.25) is 0 Å². The van der Waals surface area contributed by atoms with Crippen LogP contribution in [0.3, 0.4) is 0 Å². The molecular formula is C8H12F3NO4. The summed E-state index contributed by atoms with van der Waals surface area (Å²) < 4.78 is 40.4. The highest BCUT2D eigenvalue weighted by Crippen LogP contribution is 2.18. The van der Waals surface area contributed by atoms with Crippen LogP contribution in [0, 0.1) is 0 Å². The highest BCUT2D eigenvalue weighted by molar-refractivity contribution is 5.83. The zero-order chi connectivity index (χ0) is 13.0. The van der Waals surface area contributed by atoms with Gasteiger partial charge < -0.3 is 15.2 Å². The molecule has 0 radical (unpaired) electrons. The SMILES string of the molecule is COCC(C)(CC(=O)O)NC(=O)C(F)(F)F. The molecule has 8 heteroatoms. The van der Waals surface area contributed by atoms with E-state index < -0.39 is 30.0 Å². The number of alkyl halides is 3. The van der Waals surface area contributed by atoms with Gasteiger partial charge in [-0.3, -0.25) is 9.59 Å². The van der Waals surface area contributed by atoms with Crippen molar-refractivity contribution in [2.45, 2.75) is 25.1 Å². The Bertz CT molecular complexity index is 279. The van der Waals surface area contributed by atoms with E-state index in [1.165, 1.54) is 7.11 Å². The highest BCUT2D eigenvalue weighted by atomic mass is 19.4. The summed E-state index contributed by atoms with van der Waals surface area (Å²) in [7, 11) is 1.19. The van der Waals surface area contributed by atoms with Crippen molar-refractivity contribution in [2.75, 3.05) is 13.7 Å². The number of aliphatic carboxylic acids is 1. The third-order valence-corrected chi connectivity index (χ3v) is 1.68. The smallest absolute Gasteiger partial charge is 0.471 e. The number of hydrogen-bond donors (Lipinski definition) is 2. The Kier molecular flexibility index (Phi) is 4.73. The Morgan fingerprint density at radius 2 is 1.88 bits per heavy atom. The molecule has 0 saturated heterocycles. The van der Waals surface area contributed by atoms with Crippen LogP contribution in [0.25, 0.3) is 0 Å². The molecule has 0 saturated carbocycles. The first-order valence-corrected chi connectivity index (χ1v) is 4.21. The Labute approximate surface area is 89.6 Å². The highest BCUT2D eigenvalue weighted by Gasteiger charge is 2.43. The second-order valence-electron chi connectivity index (χ2n) is 3.52. The van der Waals surface area contributed by atoms with Crippen LogP contribution in [-0.4, -0.2) is 42.4 Å². The van der Waals surface area contributed by atoms with Crippen LogP contribution in [0.5, 0.6) is 0 Å². The predicted molar refractivity (Wildman–Crippen MR) is 46.7 cm³/mol. The summed E-state index contributed by atoms with van der Waals surface area (Å²) in [6.45, 7) is 0.829. The molecule has 1 atom stereocenters. The summed E-state index contributed by atoms with van der Waals surface area (Å²) in [5.74, 6) is -3.52. The first-order chi connectivity index (χ1) is 7.10. The summed E-state index contributed by atoms with van der Waals surface area (Å²) >= 11 is 0. The number of nitrogens with one attached hydrogen (secondary N) is 1. The van der Waals surface area contributed by atoms with Gasteiger partial charge in [0.25, 0.3) is 0 Å². The van der Waals surface area contributed by atoms with Crippen LogP contribution in [0.4, 0.5) is 13.2 Å². The Balaban J connectivity index is 4.67. The fraction of sp³-hybridized carbons (Fsp3) is 0.750. The summed E-state index contributed by atoms with van der Waals surface area (Å²) in [5, 5.41) is 10.1. The molecular weight excluding hydrogens is 231 g/mol. The van der Waals surface area contributed by atoms with Gasteiger partial charge in [0.05, 0.1) is 18.6 Å². The van der Waals surface area contributed by atoms with Gasteiger partial charge in [0.1, 0.15) is 0 Å². The molecule has 1 amide bonds. The molecule has 0 spiro atoms. The first-order valence-electron chi connectivity index (χ1n) is 4.21. The summed E-state index contributed by atoms with van der Waals surface area (Å²) in [6, 6.07) is 0. The van der Waals surface area contributed by atoms with Crippen molar-refractivity contribution in [1.82, 2.24) is 5.32 Å². The van der Waals surface area contributed by atoms with Crippen molar-refractivity contribution in [3.63, 3.8) is 0 Å². The minimum Gasteiger partial charge on any atom is -0.481 e. The van der Waals surface area contributed by atoms with E-state index in [0.29, 0.717) is 0 Å². The molecule has 1 unspecified atom stereocenters. The summed E-state index contributed by atoms with van der Waals surface area (Å²) in [4.78, 5) is 21.1. The molecule has 0 heterocycles. The Morgan fingerprint density at radius 3 is 2.19 bits per heavy atom. The van der Waals surface area contributed by atoms with Crippen LogP contribution in [0.15, 0.2) is 0 Å². The average molecular weight is 243 g/mol. The maximum Gasteiger partial charge on any atom is 0.471 e. The molecule has 0 rings (SSSR count). The van der Waals surface area contributed by atoms with Gasteiger partial charge in [-0.1, -0.05) is 0 Å². The molecule has 0 aliphatic carbocycles. The lowest BCUT2D eigenvalue weighted by Gasteiger charge is -2.28. The molecule has 0 bridgehead atoms. The molecule has 2 N–H and O–H groups in total. The van der Waals surface area contributed by atoms with E-state index in [0.717, 1.165) is 6.92 Å². The zero-order valence-corrected chi connectivity index (χ0v) is 8.72. The minimum atomic E-state index is -5.05. The number of ether oxygens (including phenoxy) is 1. The van der Waals surface area contributed by atoms with Crippen molar-refractivity contribution < 1.29 is 32.6 Å². The molecule has 0 aliphatic rings. The zero-order valence-electron chi connectivity index (χ0n) is 8.72. The Morgan fingerprint density at radius 1 is 1.38 bits per heavy atom.